The van der Waals surface area contributed by atoms with Gasteiger partial charge in [0.2, 0.25) is 0 Å². The Morgan fingerprint density at radius 1 is 1.47 bits per heavy atom. The molecule has 0 aliphatic heterocycles. The topological polar surface area (TPSA) is 64.3 Å². The van der Waals surface area contributed by atoms with Gasteiger partial charge in [0.05, 0.1) is 17.8 Å². The number of halogens is 1. The Morgan fingerprint density at radius 3 is 2.63 bits per heavy atom. The number of nitrogens with two attached hydrogens (primary N) is 1. The largest absolute Gasteiger partial charge is 0.467 e. The van der Waals surface area contributed by atoms with Crippen molar-refractivity contribution in [1.82, 2.24) is 0 Å². The van der Waals surface area contributed by atoms with E-state index in [1.54, 1.807) is 12.1 Å². The Hall–Kier alpha value is -1.42. The zero-order valence-corrected chi connectivity index (χ0v) is 12.5. The Kier molecular flexibility index (Phi) is 5.48. The van der Waals surface area contributed by atoms with Gasteiger partial charge in [0, 0.05) is 5.69 Å². The number of hydrogen-bond acceptors (Lipinski definition) is 4. The molecule has 0 heterocycles. The zero-order chi connectivity index (χ0) is 14.6. The smallest absolute Gasteiger partial charge is 0.328 e. The molecule has 1 rings (SSSR count). The first-order valence-corrected chi connectivity index (χ1v) is 6.63. The highest BCUT2D eigenvalue weighted by atomic mass is 35.5. The van der Waals surface area contributed by atoms with Crippen LogP contribution in [0, 0.1) is 12.8 Å². The highest BCUT2D eigenvalue weighted by Crippen LogP contribution is 2.27. The maximum absolute atomic E-state index is 11.8. The second-order valence-corrected chi connectivity index (χ2v) is 5.45. The number of methoxy groups -OCH3 is 1. The van der Waals surface area contributed by atoms with Crippen LogP contribution in [0.4, 0.5) is 11.4 Å². The standard InChI is InChI=1S/C14H21ClN2O2/c1-8(2)5-13(14(18)19-4)17-12-7-10(15)11(16)6-9(12)3/h6-8,13,17H,5,16H2,1-4H3. The van der Waals surface area contributed by atoms with Crippen LogP contribution in [0.3, 0.4) is 0 Å². The van der Waals surface area contributed by atoms with E-state index in [1.165, 1.54) is 7.11 Å². The van der Waals surface area contributed by atoms with E-state index < -0.39 is 0 Å². The van der Waals surface area contributed by atoms with Gasteiger partial charge in [-0.15, -0.1) is 0 Å². The number of hydrogen-bond donors (Lipinski definition) is 2. The molecule has 5 heteroatoms. The van der Waals surface area contributed by atoms with Crippen molar-refractivity contribution in [2.45, 2.75) is 33.2 Å². The molecule has 0 saturated heterocycles. The molecule has 0 fully saturated rings. The monoisotopic (exact) mass is 284 g/mol. The fourth-order valence-electron chi connectivity index (χ4n) is 1.87. The lowest BCUT2D eigenvalue weighted by molar-refractivity contribution is -0.141. The lowest BCUT2D eigenvalue weighted by atomic mass is 10.0. The number of aryl methyl sites for hydroxylation is 1. The molecule has 1 aromatic rings. The number of anilines is 2. The SMILES string of the molecule is COC(=O)C(CC(C)C)Nc1cc(Cl)c(N)cc1C. The summed E-state index contributed by atoms with van der Waals surface area (Å²) in [5, 5.41) is 3.66. The van der Waals surface area contributed by atoms with E-state index >= 15 is 0 Å². The van der Waals surface area contributed by atoms with Crippen LogP contribution in [0.15, 0.2) is 12.1 Å². The van der Waals surface area contributed by atoms with Crippen LogP contribution in [-0.4, -0.2) is 19.1 Å². The normalized spacial score (nSPS) is 12.3. The summed E-state index contributed by atoms with van der Waals surface area (Å²) in [5.41, 5.74) is 8.01. The zero-order valence-electron chi connectivity index (χ0n) is 11.8. The summed E-state index contributed by atoms with van der Waals surface area (Å²) in [5.74, 6) is 0.0993. The lowest BCUT2D eigenvalue weighted by Crippen LogP contribution is -2.32. The number of benzene rings is 1. The summed E-state index contributed by atoms with van der Waals surface area (Å²) in [6, 6.07) is 3.14. The molecule has 0 bridgehead atoms. The summed E-state index contributed by atoms with van der Waals surface area (Å²) in [6.07, 6.45) is 0.689. The van der Waals surface area contributed by atoms with Gasteiger partial charge in [-0.3, -0.25) is 0 Å². The van der Waals surface area contributed by atoms with Gasteiger partial charge in [0.15, 0.2) is 0 Å². The number of ether oxygens (including phenoxy) is 1. The minimum absolute atomic E-state index is 0.277. The van der Waals surface area contributed by atoms with Crippen molar-refractivity contribution in [2.24, 2.45) is 5.92 Å². The second kappa shape index (κ2) is 6.66. The number of nitrogens with one attached hydrogen (secondary N) is 1. The minimum Gasteiger partial charge on any atom is -0.467 e. The van der Waals surface area contributed by atoms with Crippen LogP contribution in [-0.2, 0) is 9.53 Å². The number of esters is 1. The Morgan fingerprint density at radius 2 is 2.11 bits per heavy atom. The number of rotatable bonds is 5. The van der Waals surface area contributed by atoms with Gasteiger partial charge in [0.1, 0.15) is 6.04 Å². The second-order valence-electron chi connectivity index (χ2n) is 5.04. The number of carbonyl (C=O) groups is 1. The summed E-state index contributed by atoms with van der Waals surface area (Å²) in [4.78, 5) is 11.8. The molecule has 4 nitrogen and oxygen atoms in total. The van der Waals surface area contributed by atoms with Crippen molar-refractivity contribution < 1.29 is 9.53 Å². The molecule has 1 atom stereocenters. The molecule has 0 radical (unpaired) electrons. The molecule has 0 aromatic heterocycles. The fourth-order valence-corrected chi connectivity index (χ4v) is 2.04. The van der Waals surface area contributed by atoms with Gasteiger partial charge < -0.3 is 15.8 Å². The van der Waals surface area contributed by atoms with E-state index in [0.717, 1.165) is 11.3 Å². The van der Waals surface area contributed by atoms with E-state index in [9.17, 15) is 4.79 Å². The van der Waals surface area contributed by atoms with Gasteiger partial charge in [-0.1, -0.05) is 25.4 Å². The average Bonchev–Trinajstić information content (AvgIpc) is 2.33. The van der Waals surface area contributed by atoms with Crippen LogP contribution in [0.5, 0.6) is 0 Å². The minimum atomic E-state index is -0.386. The van der Waals surface area contributed by atoms with E-state index in [2.05, 4.69) is 19.2 Å². The van der Waals surface area contributed by atoms with Gasteiger partial charge >= 0.3 is 5.97 Å². The van der Waals surface area contributed by atoms with Crippen molar-refractivity contribution in [3.05, 3.63) is 22.7 Å². The van der Waals surface area contributed by atoms with Crippen molar-refractivity contribution in [1.29, 1.82) is 0 Å². The van der Waals surface area contributed by atoms with Crippen molar-refractivity contribution in [2.75, 3.05) is 18.2 Å². The molecular formula is C14H21ClN2O2. The molecule has 0 aliphatic carbocycles. The van der Waals surface area contributed by atoms with Crippen LogP contribution >= 0.6 is 11.6 Å². The van der Waals surface area contributed by atoms with E-state index in [-0.39, 0.29) is 12.0 Å². The Balaban J connectivity index is 2.96. The van der Waals surface area contributed by atoms with Gasteiger partial charge in [0.25, 0.3) is 0 Å². The van der Waals surface area contributed by atoms with E-state index in [0.29, 0.717) is 23.0 Å². The van der Waals surface area contributed by atoms with Crippen molar-refractivity contribution in [3.63, 3.8) is 0 Å². The van der Waals surface area contributed by atoms with Crippen LogP contribution in [0.25, 0.3) is 0 Å². The third-order valence-electron chi connectivity index (χ3n) is 2.87. The molecule has 0 aliphatic rings. The molecule has 1 aromatic carbocycles. The Bertz CT molecular complexity index is 461. The number of nitrogen functional groups attached to an aromatic ring is 1. The maximum atomic E-state index is 11.8. The highest BCUT2D eigenvalue weighted by molar-refractivity contribution is 6.33. The van der Waals surface area contributed by atoms with E-state index in [1.807, 2.05) is 6.92 Å². The first kappa shape index (κ1) is 15.6. The summed E-state index contributed by atoms with van der Waals surface area (Å²) < 4.78 is 4.82. The fraction of sp³-hybridized carbons (Fsp3) is 0.500. The van der Waals surface area contributed by atoms with Crippen molar-refractivity contribution >= 4 is 28.9 Å². The van der Waals surface area contributed by atoms with Crippen LogP contribution < -0.4 is 11.1 Å². The molecule has 19 heavy (non-hydrogen) atoms. The lowest BCUT2D eigenvalue weighted by Gasteiger charge is -2.21. The van der Waals surface area contributed by atoms with Gasteiger partial charge in [-0.2, -0.15) is 0 Å². The quantitative estimate of drug-likeness (QED) is 0.644. The van der Waals surface area contributed by atoms with E-state index in [4.69, 9.17) is 22.1 Å². The van der Waals surface area contributed by atoms with Crippen molar-refractivity contribution in [3.8, 4) is 0 Å². The molecule has 3 N–H and O–H groups in total. The predicted octanol–water partition coefficient (Wildman–Crippen LogP) is 3.23. The number of carbonyl (C=O) groups excluding carboxylic acids is 1. The third-order valence-corrected chi connectivity index (χ3v) is 3.19. The average molecular weight is 285 g/mol. The Labute approximate surface area is 119 Å². The predicted molar refractivity (Wildman–Crippen MR) is 79.5 cm³/mol. The first-order chi connectivity index (χ1) is 8.85. The summed E-state index contributed by atoms with van der Waals surface area (Å²) in [6.45, 7) is 6.03. The van der Waals surface area contributed by atoms with Gasteiger partial charge in [-0.05, 0) is 37.0 Å². The molecular weight excluding hydrogens is 264 g/mol. The first-order valence-electron chi connectivity index (χ1n) is 6.25. The molecule has 1 unspecified atom stereocenters. The van der Waals surface area contributed by atoms with Gasteiger partial charge in [-0.25, -0.2) is 4.79 Å². The third kappa shape index (κ3) is 4.31. The van der Waals surface area contributed by atoms with Crippen LogP contribution in [0.1, 0.15) is 25.8 Å². The highest BCUT2D eigenvalue weighted by Gasteiger charge is 2.21. The molecule has 106 valence electrons. The maximum Gasteiger partial charge on any atom is 0.328 e. The molecule has 0 amide bonds. The van der Waals surface area contributed by atoms with Crippen LogP contribution in [0.2, 0.25) is 5.02 Å². The molecule has 0 saturated carbocycles. The summed E-state index contributed by atoms with van der Waals surface area (Å²) in [7, 11) is 1.39. The molecule has 0 spiro atoms. The summed E-state index contributed by atoms with van der Waals surface area (Å²) >= 11 is 6.01.